The maximum Gasteiger partial charge on any atom is 0.306 e. The highest BCUT2D eigenvalue weighted by Crippen LogP contribution is 2.11. The first-order chi connectivity index (χ1) is 28.6. The van der Waals surface area contributed by atoms with Gasteiger partial charge in [-0.2, -0.15) is 0 Å². The summed E-state index contributed by atoms with van der Waals surface area (Å²) >= 11 is 0. The Bertz CT molecular complexity index is 1280. The molecule has 2 unspecified atom stereocenters. The molecule has 0 aliphatic rings. The van der Waals surface area contributed by atoms with Crippen LogP contribution in [0.1, 0.15) is 155 Å². The van der Waals surface area contributed by atoms with Crippen LogP contribution in [0, 0.1) is 0 Å². The number of unbranched alkanes of at least 4 members (excludes halogenated alkanes) is 11. The van der Waals surface area contributed by atoms with Crippen molar-refractivity contribution in [3.05, 3.63) is 97.2 Å². The number of carbonyl (C=O) groups excluding carboxylic acids is 3. The Balaban J connectivity index is 4.49. The number of esters is 2. The molecule has 334 valence electrons. The van der Waals surface area contributed by atoms with Crippen LogP contribution in [-0.4, -0.2) is 75.5 Å². The molecule has 0 aromatic heterocycles. The Kier molecular flexibility index (Phi) is 38.4. The Morgan fingerprint density at radius 1 is 0.542 bits per heavy atom. The fourth-order valence-electron chi connectivity index (χ4n) is 5.99. The van der Waals surface area contributed by atoms with E-state index in [0.717, 1.165) is 83.5 Å². The van der Waals surface area contributed by atoms with Gasteiger partial charge in [-0.15, -0.1) is 0 Å². The zero-order valence-electron chi connectivity index (χ0n) is 37.9. The molecule has 0 bridgehead atoms. The largest absolute Gasteiger partial charge is 0.544 e. The van der Waals surface area contributed by atoms with Gasteiger partial charge in [-0.05, 0) is 77.0 Å². The van der Waals surface area contributed by atoms with Gasteiger partial charge < -0.3 is 28.6 Å². The summed E-state index contributed by atoms with van der Waals surface area (Å²) in [7, 11) is 5.37. The fraction of sp³-hybridized carbons (Fsp3) is 0.627. The second kappa shape index (κ2) is 41.0. The monoisotopic (exact) mass is 822 g/mol. The number of carboxylic acid groups (broad SMARTS) is 1. The number of likely N-dealkylation sites (N-methyl/N-ethyl adjacent to an activating group) is 1. The van der Waals surface area contributed by atoms with Crippen molar-refractivity contribution in [1.29, 1.82) is 0 Å². The third-order valence-electron chi connectivity index (χ3n) is 9.52. The number of quaternary nitrogens is 1. The summed E-state index contributed by atoms with van der Waals surface area (Å²) in [6.07, 6.45) is 54.4. The number of hydrogen-bond donors (Lipinski definition) is 0. The summed E-state index contributed by atoms with van der Waals surface area (Å²) in [5.41, 5.74) is 0. The molecule has 0 aromatic rings. The zero-order chi connectivity index (χ0) is 43.5. The van der Waals surface area contributed by atoms with Crippen LogP contribution < -0.4 is 5.11 Å². The summed E-state index contributed by atoms with van der Waals surface area (Å²) in [6, 6.07) is -0.745. The van der Waals surface area contributed by atoms with E-state index in [1.165, 1.54) is 32.1 Å². The van der Waals surface area contributed by atoms with Gasteiger partial charge in [0.15, 0.2) is 6.10 Å². The molecular formula is C51H83NO7. The molecule has 0 aromatic carbocycles. The summed E-state index contributed by atoms with van der Waals surface area (Å²) in [5, 5.41) is 11.6. The van der Waals surface area contributed by atoms with Gasteiger partial charge in [-0.1, -0.05) is 156 Å². The number of rotatable bonds is 39. The lowest BCUT2D eigenvalue weighted by atomic mass is 10.1. The van der Waals surface area contributed by atoms with E-state index in [-0.39, 0.29) is 49.1 Å². The third kappa shape index (κ3) is 39.5. The van der Waals surface area contributed by atoms with Gasteiger partial charge in [0.1, 0.15) is 12.6 Å². The van der Waals surface area contributed by atoms with Crippen LogP contribution in [0.25, 0.3) is 0 Å². The minimum atomic E-state index is -1.14. The number of allylic oxidation sites excluding steroid dienone is 16. The Hall–Kier alpha value is -3.75. The number of hydrogen-bond acceptors (Lipinski definition) is 7. The lowest BCUT2D eigenvalue weighted by molar-refractivity contribution is -0.889. The van der Waals surface area contributed by atoms with Crippen LogP contribution in [-0.2, 0) is 28.6 Å². The standard InChI is InChI=1S/C51H83NO7/c1-6-8-10-12-14-16-18-20-22-24-26-27-29-31-33-35-37-39-41-49(53)58-46-47(45-57-44-43-48(51(55)56)52(3,4)5)59-50(54)42-40-38-36-34-32-30-28-25-23-21-19-17-15-13-11-9-7-2/h9,11,15,17-18,20-24,26-28,30,34,36,47-48H,6-8,10,12-14,16,19,25,29,31-33,35,37-46H2,1-5H3/b11-9+,17-15+,20-18+,23-21+,24-22+,27-26+,30-28+,36-34+. The van der Waals surface area contributed by atoms with Gasteiger partial charge >= 0.3 is 11.9 Å². The molecule has 0 saturated carbocycles. The molecule has 59 heavy (non-hydrogen) atoms. The maximum atomic E-state index is 12.7. The molecule has 0 saturated heterocycles. The Labute approximate surface area is 360 Å². The van der Waals surface area contributed by atoms with Crippen molar-refractivity contribution < 1.29 is 38.2 Å². The fourth-order valence-corrected chi connectivity index (χ4v) is 5.99. The van der Waals surface area contributed by atoms with Crippen LogP contribution >= 0.6 is 0 Å². The average Bonchev–Trinajstić information content (AvgIpc) is 3.19. The van der Waals surface area contributed by atoms with Crippen LogP contribution in [0.3, 0.4) is 0 Å². The minimum Gasteiger partial charge on any atom is -0.544 e. The molecule has 0 spiro atoms. The van der Waals surface area contributed by atoms with Gasteiger partial charge in [0.2, 0.25) is 0 Å². The van der Waals surface area contributed by atoms with E-state index >= 15 is 0 Å². The molecule has 0 radical (unpaired) electrons. The molecule has 8 nitrogen and oxygen atoms in total. The molecule has 0 heterocycles. The first-order valence-electron chi connectivity index (χ1n) is 22.8. The summed E-state index contributed by atoms with van der Waals surface area (Å²) in [6.45, 7) is 4.43. The van der Waals surface area contributed by atoms with E-state index in [2.05, 4.69) is 111 Å². The molecule has 8 heteroatoms. The molecule has 2 atom stereocenters. The van der Waals surface area contributed by atoms with Gasteiger partial charge in [0.05, 0.1) is 40.3 Å². The minimum absolute atomic E-state index is 0.00479. The second-order valence-corrected chi connectivity index (χ2v) is 16.0. The lowest BCUT2D eigenvalue weighted by Crippen LogP contribution is -2.55. The van der Waals surface area contributed by atoms with Crippen molar-refractivity contribution >= 4 is 17.9 Å². The molecule has 0 aliphatic heterocycles. The number of nitrogens with zero attached hydrogens (tertiary/aromatic N) is 1. The van der Waals surface area contributed by atoms with Crippen LogP contribution in [0.4, 0.5) is 0 Å². The summed E-state index contributed by atoms with van der Waals surface area (Å²) in [4.78, 5) is 36.9. The highest BCUT2D eigenvalue weighted by atomic mass is 16.6. The number of carbonyl (C=O) groups is 3. The first kappa shape index (κ1) is 55.2. The van der Waals surface area contributed by atoms with E-state index < -0.39 is 18.1 Å². The second-order valence-electron chi connectivity index (χ2n) is 16.0. The predicted molar refractivity (Wildman–Crippen MR) is 245 cm³/mol. The molecule has 0 aliphatic carbocycles. The van der Waals surface area contributed by atoms with Gasteiger partial charge in [0, 0.05) is 19.3 Å². The van der Waals surface area contributed by atoms with E-state index in [9.17, 15) is 19.5 Å². The summed E-state index contributed by atoms with van der Waals surface area (Å²) < 4.78 is 17.1. The van der Waals surface area contributed by atoms with E-state index in [1.807, 2.05) is 0 Å². The van der Waals surface area contributed by atoms with E-state index in [4.69, 9.17) is 14.2 Å². The number of aliphatic carboxylic acids is 1. The van der Waals surface area contributed by atoms with Crippen molar-refractivity contribution in [1.82, 2.24) is 0 Å². The smallest absolute Gasteiger partial charge is 0.306 e. The lowest BCUT2D eigenvalue weighted by Gasteiger charge is -2.34. The van der Waals surface area contributed by atoms with Crippen molar-refractivity contribution in [2.45, 2.75) is 167 Å². The van der Waals surface area contributed by atoms with Gasteiger partial charge in [0.25, 0.3) is 0 Å². The molecule has 0 fully saturated rings. The SMILES string of the molecule is CC/C=C/C/C=C/C/C=C/C/C=C/C/C=C/CCCC(=O)OC(COCCC(C(=O)[O-])[N+](C)(C)C)COC(=O)CCCCCCC/C=C/C=C/C=C/CCCCCCC. The first-order valence-corrected chi connectivity index (χ1v) is 22.8. The zero-order valence-corrected chi connectivity index (χ0v) is 37.9. The number of ether oxygens (including phenoxy) is 3. The van der Waals surface area contributed by atoms with Crippen LogP contribution in [0.15, 0.2) is 97.2 Å². The van der Waals surface area contributed by atoms with Gasteiger partial charge in [-0.25, -0.2) is 0 Å². The topological polar surface area (TPSA) is 102 Å². The van der Waals surface area contributed by atoms with Crippen LogP contribution in [0.5, 0.6) is 0 Å². The highest BCUT2D eigenvalue weighted by Gasteiger charge is 2.25. The third-order valence-corrected chi connectivity index (χ3v) is 9.52. The molecule has 0 rings (SSSR count). The van der Waals surface area contributed by atoms with E-state index in [0.29, 0.717) is 12.8 Å². The maximum absolute atomic E-state index is 12.7. The molecule has 0 N–H and O–H groups in total. The quantitative estimate of drug-likeness (QED) is 0.0200. The van der Waals surface area contributed by atoms with Gasteiger partial charge in [-0.3, -0.25) is 9.59 Å². The molecule has 0 amide bonds. The highest BCUT2D eigenvalue weighted by molar-refractivity contribution is 5.70. The van der Waals surface area contributed by atoms with E-state index in [1.54, 1.807) is 21.1 Å². The molecular weight excluding hydrogens is 739 g/mol. The average molecular weight is 822 g/mol. The van der Waals surface area contributed by atoms with Crippen molar-refractivity contribution in [2.75, 3.05) is 41.0 Å². The van der Waals surface area contributed by atoms with Crippen molar-refractivity contribution in [3.8, 4) is 0 Å². The summed E-state index contributed by atoms with van der Waals surface area (Å²) in [5.74, 6) is -1.85. The van der Waals surface area contributed by atoms with Crippen molar-refractivity contribution in [2.24, 2.45) is 0 Å². The Morgan fingerprint density at radius 2 is 1.03 bits per heavy atom. The predicted octanol–water partition coefficient (Wildman–Crippen LogP) is 11.4. The van der Waals surface area contributed by atoms with Crippen LogP contribution in [0.2, 0.25) is 0 Å². The normalized spacial score (nSPS) is 13.8. The number of carboxylic acids is 1. The van der Waals surface area contributed by atoms with Crippen molar-refractivity contribution in [3.63, 3.8) is 0 Å². The Morgan fingerprint density at radius 3 is 1.58 bits per heavy atom.